The molecule has 35 heavy (non-hydrogen) atoms. The van der Waals surface area contributed by atoms with Crippen LogP contribution in [0.1, 0.15) is 56.6 Å². The first-order valence-corrected chi connectivity index (χ1v) is 12.8. The number of fused-ring (bicyclic) bond motifs is 1. The number of anilines is 1. The number of carboxylic acid groups (broad SMARTS) is 1. The van der Waals surface area contributed by atoms with Gasteiger partial charge in [-0.05, 0) is 81.8 Å². The lowest BCUT2D eigenvalue weighted by Crippen LogP contribution is -2.47. The Kier molecular flexibility index (Phi) is 11.6. The van der Waals surface area contributed by atoms with Crippen molar-refractivity contribution < 1.29 is 14.7 Å². The van der Waals surface area contributed by atoms with Gasteiger partial charge in [0.25, 0.3) is 0 Å². The molecule has 0 aromatic heterocycles. The molecular formula is C26H42Cl2N4O3. The Morgan fingerprint density at radius 3 is 2.37 bits per heavy atom. The van der Waals surface area contributed by atoms with Gasteiger partial charge in [0.05, 0.1) is 6.54 Å². The van der Waals surface area contributed by atoms with Crippen LogP contribution in [0, 0.1) is 0 Å². The SMILES string of the molecule is CCCCN(CC(=O)O)[C@H]1CC[C@H](N2CCN(c3ccc4c(c3)CCN(C)CC4)C2=O)CC1.Cl.Cl. The first-order valence-electron chi connectivity index (χ1n) is 12.8. The minimum Gasteiger partial charge on any atom is -0.480 e. The summed E-state index contributed by atoms with van der Waals surface area (Å²) in [4.78, 5) is 33.2. The molecule has 2 amide bonds. The zero-order valence-electron chi connectivity index (χ0n) is 21.2. The molecule has 1 saturated carbocycles. The monoisotopic (exact) mass is 528 g/mol. The molecule has 4 rings (SSSR count). The number of unbranched alkanes of at least 4 members (excludes halogenated alkanes) is 1. The van der Waals surface area contributed by atoms with Crippen molar-refractivity contribution in [3.05, 3.63) is 29.3 Å². The van der Waals surface area contributed by atoms with Crippen LogP contribution in [-0.2, 0) is 17.6 Å². The van der Waals surface area contributed by atoms with Crippen molar-refractivity contribution >= 4 is 42.5 Å². The number of carboxylic acids is 1. The van der Waals surface area contributed by atoms with Gasteiger partial charge in [0, 0.05) is 44.0 Å². The first kappa shape index (κ1) is 29.7. The fourth-order valence-corrected chi connectivity index (χ4v) is 5.78. The van der Waals surface area contributed by atoms with E-state index in [-0.39, 0.29) is 43.4 Å². The van der Waals surface area contributed by atoms with Gasteiger partial charge in [-0.3, -0.25) is 14.6 Å². The highest BCUT2D eigenvalue weighted by atomic mass is 35.5. The second kappa shape index (κ2) is 13.7. The number of hydrogen-bond acceptors (Lipinski definition) is 4. The zero-order valence-corrected chi connectivity index (χ0v) is 22.8. The molecule has 2 heterocycles. The van der Waals surface area contributed by atoms with E-state index in [0.29, 0.717) is 6.04 Å². The average Bonchev–Trinajstić information content (AvgIpc) is 3.09. The van der Waals surface area contributed by atoms with Crippen molar-refractivity contribution in [2.24, 2.45) is 0 Å². The Balaban J connectivity index is 0.00000216. The van der Waals surface area contributed by atoms with Crippen molar-refractivity contribution in [3.8, 4) is 0 Å². The summed E-state index contributed by atoms with van der Waals surface area (Å²) < 4.78 is 0. The molecule has 1 aliphatic carbocycles. The van der Waals surface area contributed by atoms with Gasteiger partial charge in [0.2, 0.25) is 0 Å². The van der Waals surface area contributed by atoms with Gasteiger partial charge in [-0.2, -0.15) is 0 Å². The van der Waals surface area contributed by atoms with Crippen LogP contribution >= 0.6 is 24.8 Å². The van der Waals surface area contributed by atoms with Crippen molar-refractivity contribution in [2.45, 2.75) is 70.4 Å². The van der Waals surface area contributed by atoms with Gasteiger partial charge in [-0.25, -0.2) is 4.79 Å². The molecule has 1 aromatic carbocycles. The Morgan fingerprint density at radius 1 is 1.03 bits per heavy atom. The van der Waals surface area contributed by atoms with E-state index >= 15 is 0 Å². The van der Waals surface area contributed by atoms with Crippen molar-refractivity contribution in [2.75, 3.05) is 51.2 Å². The second-order valence-corrected chi connectivity index (χ2v) is 10.1. The lowest BCUT2D eigenvalue weighted by atomic mass is 9.89. The second-order valence-electron chi connectivity index (χ2n) is 10.1. The lowest BCUT2D eigenvalue weighted by Gasteiger charge is -2.39. The lowest BCUT2D eigenvalue weighted by molar-refractivity contribution is -0.139. The highest BCUT2D eigenvalue weighted by Crippen LogP contribution is 2.31. The van der Waals surface area contributed by atoms with Crippen LogP contribution in [0.3, 0.4) is 0 Å². The summed E-state index contributed by atoms with van der Waals surface area (Å²) in [5, 5.41) is 9.31. The summed E-state index contributed by atoms with van der Waals surface area (Å²) in [6, 6.07) is 7.31. The fraction of sp³-hybridized carbons (Fsp3) is 0.692. The van der Waals surface area contributed by atoms with Gasteiger partial charge in [-0.15, -0.1) is 24.8 Å². The molecule has 1 aromatic rings. The van der Waals surface area contributed by atoms with Crippen LogP contribution in [0.15, 0.2) is 18.2 Å². The topological polar surface area (TPSA) is 67.3 Å². The molecule has 3 aliphatic rings. The van der Waals surface area contributed by atoms with Crippen LogP contribution in [-0.4, -0.2) is 90.2 Å². The molecule has 0 radical (unpaired) electrons. The molecule has 7 nitrogen and oxygen atoms in total. The van der Waals surface area contributed by atoms with Gasteiger partial charge < -0.3 is 14.9 Å². The summed E-state index contributed by atoms with van der Waals surface area (Å²) in [7, 11) is 2.17. The van der Waals surface area contributed by atoms with Crippen molar-refractivity contribution in [3.63, 3.8) is 0 Å². The molecule has 9 heteroatoms. The Morgan fingerprint density at radius 2 is 1.71 bits per heavy atom. The number of carbonyl (C=O) groups excluding carboxylic acids is 1. The van der Waals surface area contributed by atoms with E-state index < -0.39 is 5.97 Å². The summed E-state index contributed by atoms with van der Waals surface area (Å²) in [6.07, 6.45) is 8.08. The van der Waals surface area contributed by atoms with Gasteiger partial charge in [-0.1, -0.05) is 19.4 Å². The molecule has 2 aliphatic heterocycles. The average molecular weight is 530 g/mol. The normalized spacial score (nSPS) is 22.9. The quantitative estimate of drug-likeness (QED) is 0.544. The number of urea groups is 1. The third kappa shape index (κ3) is 7.25. The van der Waals surface area contributed by atoms with Crippen LogP contribution in [0.5, 0.6) is 0 Å². The number of nitrogens with zero attached hydrogens (tertiary/aromatic N) is 4. The molecule has 1 saturated heterocycles. The fourth-order valence-electron chi connectivity index (χ4n) is 5.78. The van der Waals surface area contributed by atoms with E-state index in [4.69, 9.17) is 0 Å². The molecule has 0 unspecified atom stereocenters. The Hall–Kier alpha value is -1.54. The van der Waals surface area contributed by atoms with E-state index in [1.165, 1.54) is 11.1 Å². The summed E-state index contributed by atoms with van der Waals surface area (Å²) in [5.74, 6) is -0.744. The number of carbonyl (C=O) groups is 2. The molecule has 0 spiro atoms. The minimum absolute atomic E-state index is 0. The first-order chi connectivity index (χ1) is 16.0. The van der Waals surface area contributed by atoms with E-state index in [2.05, 4.69) is 46.9 Å². The predicted octanol–water partition coefficient (Wildman–Crippen LogP) is 4.30. The molecule has 1 N–H and O–H groups in total. The largest absolute Gasteiger partial charge is 0.480 e. The maximum atomic E-state index is 13.4. The van der Waals surface area contributed by atoms with Gasteiger partial charge in [0.15, 0.2) is 0 Å². The highest BCUT2D eigenvalue weighted by Gasteiger charge is 2.37. The summed E-state index contributed by atoms with van der Waals surface area (Å²) in [5.41, 5.74) is 3.83. The maximum absolute atomic E-state index is 13.4. The maximum Gasteiger partial charge on any atom is 0.324 e. The smallest absolute Gasteiger partial charge is 0.324 e. The number of aliphatic carboxylic acids is 1. The molecule has 198 valence electrons. The molecule has 2 fully saturated rings. The van der Waals surface area contributed by atoms with E-state index in [9.17, 15) is 14.7 Å². The Bertz CT molecular complexity index is 848. The predicted molar refractivity (Wildman–Crippen MR) is 145 cm³/mol. The van der Waals surface area contributed by atoms with Gasteiger partial charge >= 0.3 is 12.0 Å². The van der Waals surface area contributed by atoms with E-state index in [0.717, 1.165) is 89.8 Å². The number of rotatable bonds is 8. The Labute approximate surface area is 222 Å². The number of likely N-dealkylation sites (N-methyl/N-ethyl adjacent to an activating group) is 1. The van der Waals surface area contributed by atoms with E-state index in [1.807, 2.05) is 4.90 Å². The summed E-state index contributed by atoms with van der Waals surface area (Å²) >= 11 is 0. The van der Waals surface area contributed by atoms with Crippen LogP contribution in [0.4, 0.5) is 10.5 Å². The third-order valence-corrected chi connectivity index (χ3v) is 7.83. The number of halogens is 2. The van der Waals surface area contributed by atoms with Crippen LogP contribution < -0.4 is 4.90 Å². The van der Waals surface area contributed by atoms with Crippen LogP contribution in [0.25, 0.3) is 0 Å². The van der Waals surface area contributed by atoms with Crippen molar-refractivity contribution in [1.29, 1.82) is 0 Å². The summed E-state index contributed by atoms with van der Waals surface area (Å²) in [6.45, 7) is 6.80. The molecular weight excluding hydrogens is 487 g/mol. The standard InChI is InChI=1S/C26H40N4O3.2ClH/c1-3-4-13-28(19-25(31)32)22-7-9-23(10-8-22)29-16-17-30(26(29)33)24-6-5-20-11-14-27(2)15-12-21(20)18-24;;/h5-6,18,22-23H,3-4,7-17,19H2,1-2H3,(H,31,32);2*1H/t22-,23-;;. The minimum atomic E-state index is -0.744. The number of benzene rings is 1. The van der Waals surface area contributed by atoms with Crippen molar-refractivity contribution in [1.82, 2.24) is 14.7 Å². The van der Waals surface area contributed by atoms with Crippen LogP contribution in [0.2, 0.25) is 0 Å². The third-order valence-electron chi connectivity index (χ3n) is 7.83. The highest BCUT2D eigenvalue weighted by molar-refractivity contribution is 5.94. The zero-order chi connectivity index (χ0) is 23.4. The number of hydrogen-bond donors (Lipinski definition) is 1. The number of amides is 2. The van der Waals surface area contributed by atoms with E-state index in [1.54, 1.807) is 0 Å². The molecule has 0 bridgehead atoms. The molecule has 0 atom stereocenters. The van der Waals surface area contributed by atoms with Gasteiger partial charge in [0.1, 0.15) is 0 Å².